The van der Waals surface area contributed by atoms with Crippen molar-refractivity contribution in [2.75, 3.05) is 31.2 Å². The Hall–Kier alpha value is -2.88. The molecular formula is C24H34N6O4. The van der Waals surface area contributed by atoms with Gasteiger partial charge in [-0.05, 0) is 58.4 Å². The number of nitrogens with zero attached hydrogens (tertiary/aromatic N) is 5. The zero-order chi connectivity index (χ0) is 24.0. The quantitative estimate of drug-likeness (QED) is 0.735. The molecule has 0 aromatic carbocycles. The number of hydrogen-bond donors (Lipinski definition) is 1. The number of carbonyl (C=O) groups is 1. The van der Waals surface area contributed by atoms with E-state index >= 15 is 0 Å². The van der Waals surface area contributed by atoms with Crippen LogP contribution in [-0.2, 0) is 15.9 Å². The molecule has 2 fully saturated rings. The van der Waals surface area contributed by atoms with E-state index in [1.165, 1.54) is 4.52 Å². The number of likely N-dealkylation sites (tertiary alicyclic amines) is 1. The van der Waals surface area contributed by atoms with Gasteiger partial charge in [0.25, 0.3) is 11.3 Å². The molecule has 2 atom stereocenters. The number of aromatic nitrogens is 4. The summed E-state index contributed by atoms with van der Waals surface area (Å²) in [5, 5.41) is 3.17. The molecule has 2 unspecified atom stereocenters. The maximum Gasteiger partial charge on any atom is 0.410 e. The fourth-order valence-corrected chi connectivity index (χ4v) is 5.38. The summed E-state index contributed by atoms with van der Waals surface area (Å²) >= 11 is 0. The van der Waals surface area contributed by atoms with Crippen LogP contribution in [0.2, 0.25) is 0 Å². The maximum absolute atomic E-state index is 13.8. The normalized spacial score (nSPS) is 23.2. The number of rotatable bonds is 3. The molecule has 0 spiro atoms. The van der Waals surface area contributed by atoms with Gasteiger partial charge in [-0.15, -0.1) is 0 Å². The molecule has 5 rings (SSSR count). The molecule has 5 heterocycles. The van der Waals surface area contributed by atoms with Crippen LogP contribution in [0.15, 0.2) is 10.9 Å². The fourth-order valence-electron chi connectivity index (χ4n) is 5.38. The Labute approximate surface area is 198 Å². The van der Waals surface area contributed by atoms with E-state index in [0.29, 0.717) is 43.5 Å². The molecule has 3 aliphatic rings. The summed E-state index contributed by atoms with van der Waals surface area (Å²) < 4.78 is 12.5. The van der Waals surface area contributed by atoms with E-state index in [1.807, 2.05) is 38.7 Å². The van der Waals surface area contributed by atoms with Crippen LogP contribution >= 0.6 is 0 Å². The Morgan fingerprint density at radius 2 is 2.06 bits per heavy atom. The second-order valence-corrected chi connectivity index (χ2v) is 10.3. The fraction of sp³-hybridized carbons (Fsp3) is 0.667. The minimum Gasteiger partial charge on any atom is -0.444 e. The van der Waals surface area contributed by atoms with Gasteiger partial charge in [0, 0.05) is 13.1 Å². The summed E-state index contributed by atoms with van der Waals surface area (Å²) in [6.45, 7) is 10.3. The van der Waals surface area contributed by atoms with Crippen molar-refractivity contribution in [2.45, 2.75) is 77.5 Å². The molecule has 0 saturated carbocycles. The molecule has 2 saturated heterocycles. The van der Waals surface area contributed by atoms with Crippen molar-refractivity contribution in [3.8, 4) is 0 Å². The van der Waals surface area contributed by atoms with Gasteiger partial charge in [-0.1, -0.05) is 13.0 Å². The zero-order valence-corrected chi connectivity index (χ0v) is 20.5. The van der Waals surface area contributed by atoms with Gasteiger partial charge < -0.3 is 19.3 Å². The SMILES string of the molecule is CCc1nc2nc(C3=CCOCC3)[nH]n2c(=O)c1N1CCCC2C1CCN2C(=O)OC(C)(C)C. The lowest BCUT2D eigenvalue weighted by molar-refractivity contribution is 0.0204. The first kappa shape index (κ1) is 22.9. The van der Waals surface area contributed by atoms with Crippen LogP contribution in [0.25, 0.3) is 11.4 Å². The molecule has 10 nitrogen and oxygen atoms in total. The smallest absolute Gasteiger partial charge is 0.410 e. The lowest BCUT2D eigenvalue weighted by atomic mass is 9.96. The van der Waals surface area contributed by atoms with Crippen molar-refractivity contribution in [3.63, 3.8) is 0 Å². The van der Waals surface area contributed by atoms with Gasteiger partial charge in [-0.25, -0.2) is 9.78 Å². The minimum atomic E-state index is -0.537. The van der Waals surface area contributed by atoms with Crippen LogP contribution in [-0.4, -0.2) is 74.6 Å². The lowest BCUT2D eigenvalue weighted by Crippen LogP contribution is -2.53. The Balaban J connectivity index is 1.49. The predicted molar refractivity (Wildman–Crippen MR) is 128 cm³/mol. The van der Waals surface area contributed by atoms with Gasteiger partial charge in [-0.3, -0.25) is 9.89 Å². The van der Waals surface area contributed by atoms with Crippen molar-refractivity contribution >= 4 is 23.1 Å². The number of anilines is 1. The molecular weight excluding hydrogens is 436 g/mol. The monoisotopic (exact) mass is 470 g/mol. The highest BCUT2D eigenvalue weighted by Gasteiger charge is 2.45. The molecule has 1 amide bonds. The maximum atomic E-state index is 13.8. The van der Waals surface area contributed by atoms with Crippen molar-refractivity contribution in [1.29, 1.82) is 0 Å². The van der Waals surface area contributed by atoms with E-state index in [4.69, 9.17) is 14.5 Å². The number of piperidine rings is 1. The summed E-state index contributed by atoms with van der Waals surface area (Å²) in [5.41, 5.74) is 1.74. The standard InChI is InChI=1S/C24H34N6O4/c1-5-16-19(21(31)30-22(25-16)26-20(27-30)15-9-13-33-14-10-15)28-11-6-7-17-18(28)8-12-29(17)23(32)34-24(2,3)4/h9,17-18H,5-8,10-14H2,1-4H3,(H,25,26,27). The number of amides is 1. The van der Waals surface area contributed by atoms with E-state index < -0.39 is 5.60 Å². The highest BCUT2D eigenvalue weighted by molar-refractivity contribution is 5.70. The molecule has 34 heavy (non-hydrogen) atoms. The van der Waals surface area contributed by atoms with Crippen LogP contribution < -0.4 is 10.5 Å². The highest BCUT2D eigenvalue weighted by atomic mass is 16.6. The van der Waals surface area contributed by atoms with Gasteiger partial charge in [0.15, 0.2) is 5.82 Å². The van der Waals surface area contributed by atoms with Crippen LogP contribution in [0.4, 0.5) is 10.5 Å². The number of carbonyl (C=O) groups excluding carboxylic acids is 1. The van der Waals surface area contributed by atoms with Crippen LogP contribution in [0.1, 0.15) is 64.9 Å². The van der Waals surface area contributed by atoms with Crippen molar-refractivity contribution in [2.24, 2.45) is 0 Å². The summed E-state index contributed by atoms with van der Waals surface area (Å²) in [6.07, 6.45) is 5.70. The Kier molecular flexibility index (Phi) is 5.87. The zero-order valence-electron chi connectivity index (χ0n) is 20.5. The third-order valence-corrected chi connectivity index (χ3v) is 6.87. The molecule has 0 aliphatic carbocycles. The topological polar surface area (TPSA) is 105 Å². The summed E-state index contributed by atoms with van der Waals surface area (Å²) in [7, 11) is 0. The van der Waals surface area contributed by atoms with Crippen LogP contribution in [0, 0.1) is 0 Å². The van der Waals surface area contributed by atoms with Gasteiger partial charge in [0.2, 0.25) is 0 Å². The number of H-pyrrole nitrogens is 1. The number of hydrogen-bond acceptors (Lipinski definition) is 7. The third-order valence-electron chi connectivity index (χ3n) is 6.87. The van der Waals surface area contributed by atoms with E-state index in [2.05, 4.69) is 15.0 Å². The minimum absolute atomic E-state index is 0.0260. The highest BCUT2D eigenvalue weighted by Crippen LogP contribution is 2.35. The van der Waals surface area contributed by atoms with Gasteiger partial charge in [-0.2, -0.15) is 9.50 Å². The Morgan fingerprint density at radius 3 is 2.76 bits per heavy atom. The summed E-state index contributed by atoms with van der Waals surface area (Å²) in [5.74, 6) is 1.06. The lowest BCUT2D eigenvalue weighted by Gasteiger charge is -2.41. The van der Waals surface area contributed by atoms with Crippen molar-refractivity contribution in [1.82, 2.24) is 24.5 Å². The molecule has 2 aromatic heterocycles. The predicted octanol–water partition coefficient (Wildman–Crippen LogP) is 2.76. The van der Waals surface area contributed by atoms with Gasteiger partial charge in [0.1, 0.15) is 11.3 Å². The first-order chi connectivity index (χ1) is 16.3. The number of aryl methyl sites for hydroxylation is 1. The Morgan fingerprint density at radius 1 is 1.24 bits per heavy atom. The third kappa shape index (κ3) is 4.08. The van der Waals surface area contributed by atoms with Gasteiger partial charge >= 0.3 is 6.09 Å². The molecule has 184 valence electrons. The molecule has 2 aromatic rings. The van der Waals surface area contributed by atoms with E-state index in [0.717, 1.165) is 43.5 Å². The van der Waals surface area contributed by atoms with E-state index in [-0.39, 0.29) is 23.7 Å². The van der Waals surface area contributed by atoms with Gasteiger partial charge in [0.05, 0.1) is 31.0 Å². The number of nitrogens with one attached hydrogen (secondary N) is 1. The molecule has 0 bridgehead atoms. The average molecular weight is 471 g/mol. The average Bonchev–Trinajstić information content (AvgIpc) is 3.43. The second kappa shape index (κ2) is 8.72. The Bertz CT molecular complexity index is 1180. The number of aromatic amines is 1. The first-order valence-electron chi connectivity index (χ1n) is 12.3. The summed E-state index contributed by atoms with van der Waals surface area (Å²) in [6, 6.07) is 0.0952. The molecule has 3 aliphatic heterocycles. The number of fused-ring (bicyclic) bond motifs is 2. The first-order valence-corrected chi connectivity index (χ1v) is 12.3. The summed E-state index contributed by atoms with van der Waals surface area (Å²) in [4.78, 5) is 40.0. The van der Waals surface area contributed by atoms with Crippen molar-refractivity contribution in [3.05, 3.63) is 27.9 Å². The van der Waals surface area contributed by atoms with Crippen LogP contribution in [0.5, 0.6) is 0 Å². The number of ether oxygens (including phenoxy) is 2. The second-order valence-electron chi connectivity index (χ2n) is 10.3. The van der Waals surface area contributed by atoms with Crippen molar-refractivity contribution < 1.29 is 14.3 Å². The molecule has 1 N–H and O–H groups in total. The molecule has 10 heteroatoms. The molecule has 0 radical (unpaired) electrons. The van der Waals surface area contributed by atoms with Crippen LogP contribution in [0.3, 0.4) is 0 Å². The van der Waals surface area contributed by atoms with E-state index in [1.54, 1.807) is 0 Å². The van der Waals surface area contributed by atoms with E-state index in [9.17, 15) is 9.59 Å². The largest absolute Gasteiger partial charge is 0.444 e.